The van der Waals surface area contributed by atoms with E-state index in [9.17, 15) is 5.11 Å². The van der Waals surface area contributed by atoms with Gasteiger partial charge in [0.25, 0.3) is 0 Å². The number of hydrogen-bond donors (Lipinski definition) is 2. The molecule has 0 saturated carbocycles. The standard InChI is InChI=1S/C8H8N2O/c9-4-6-2-1-3-7(5-10)8(6)11/h1-3,11H,4,9H2. The van der Waals surface area contributed by atoms with Gasteiger partial charge in [-0.1, -0.05) is 12.1 Å². The van der Waals surface area contributed by atoms with Gasteiger partial charge >= 0.3 is 0 Å². The van der Waals surface area contributed by atoms with Crippen LogP contribution in [0, 0.1) is 11.3 Å². The van der Waals surface area contributed by atoms with Crippen LogP contribution in [0.25, 0.3) is 0 Å². The van der Waals surface area contributed by atoms with Crippen molar-refractivity contribution in [1.82, 2.24) is 0 Å². The van der Waals surface area contributed by atoms with Gasteiger partial charge in [-0.15, -0.1) is 0 Å². The second kappa shape index (κ2) is 3.04. The number of phenols is 1. The molecule has 0 aliphatic carbocycles. The van der Waals surface area contributed by atoms with E-state index in [0.29, 0.717) is 5.56 Å². The Morgan fingerprint density at radius 1 is 1.55 bits per heavy atom. The predicted octanol–water partition coefficient (Wildman–Crippen LogP) is 0.723. The highest BCUT2D eigenvalue weighted by Crippen LogP contribution is 2.20. The zero-order chi connectivity index (χ0) is 8.27. The van der Waals surface area contributed by atoms with Crippen LogP contribution in [-0.4, -0.2) is 5.11 Å². The number of hydrogen-bond acceptors (Lipinski definition) is 3. The maximum Gasteiger partial charge on any atom is 0.137 e. The SMILES string of the molecule is N#Cc1cccc(CN)c1O. The Bertz CT molecular complexity index is 301. The van der Waals surface area contributed by atoms with Crippen molar-refractivity contribution in [2.75, 3.05) is 0 Å². The van der Waals surface area contributed by atoms with Crippen molar-refractivity contribution in [3.63, 3.8) is 0 Å². The summed E-state index contributed by atoms with van der Waals surface area (Å²) in [5, 5.41) is 17.8. The van der Waals surface area contributed by atoms with E-state index in [2.05, 4.69) is 0 Å². The lowest BCUT2D eigenvalue weighted by Crippen LogP contribution is -1.97. The molecule has 0 radical (unpaired) electrons. The molecule has 0 fully saturated rings. The first-order valence-electron chi connectivity index (χ1n) is 3.20. The molecule has 0 spiro atoms. The van der Waals surface area contributed by atoms with Crippen molar-refractivity contribution in [2.45, 2.75) is 6.54 Å². The molecule has 56 valence electrons. The zero-order valence-corrected chi connectivity index (χ0v) is 5.91. The molecule has 0 aliphatic rings. The summed E-state index contributed by atoms with van der Waals surface area (Å²) < 4.78 is 0. The molecular formula is C8H8N2O. The molecule has 0 bridgehead atoms. The molecule has 0 unspecified atom stereocenters. The molecular weight excluding hydrogens is 140 g/mol. The lowest BCUT2D eigenvalue weighted by atomic mass is 10.1. The molecule has 3 nitrogen and oxygen atoms in total. The molecule has 0 saturated heterocycles. The van der Waals surface area contributed by atoms with Crippen molar-refractivity contribution < 1.29 is 5.11 Å². The van der Waals surface area contributed by atoms with Gasteiger partial charge in [0.2, 0.25) is 0 Å². The Labute approximate surface area is 64.7 Å². The maximum absolute atomic E-state index is 9.29. The summed E-state index contributed by atoms with van der Waals surface area (Å²) in [5.74, 6) is -0.00231. The van der Waals surface area contributed by atoms with Gasteiger partial charge in [-0.25, -0.2) is 0 Å². The first-order valence-corrected chi connectivity index (χ1v) is 3.20. The van der Waals surface area contributed by atoms with Crippen LogP contribution in [0.15, 0.2) is 18.2 Å². The Kier molecular flexibility index (Phi) is 2.09. The van der Waals surface area contributed by atoms with Crippen LogP contribution < -0.4 is 5.73 Å². The minimum Gasteiger partial charge on any atom is -0.506 e. The summed E-state index contributed by atoms with van der Waals surface area (Å²) in [4.78, 5) is 0. The topological polar surface area (TPSA) is 70.0 Å². The lowest BCUT2D eigenvalue weighted by molar-refractivity contribution is 0.466. The van der Waals surface area contributed by atoms with Crippen LogP contribution in [-0.2, 0) is 6.54 Å². The fourth-order valence-corrected chi connectivity index (χ4v) is 0.846. The highest BCUT2D eigenvalue weighted by atomic mass is 16.3. The van der Waals surface area contributed by atoms with Crippen molar-refractivity contribution in [3.05, 3.63) is 29.3 Å². The van der Waals surface area contributed by atoms with E-state index in [4.69, 9.17) is 11.0 Å². The minimum atomic E-state index is -0.00231. The fourth-order valence-electron chi connectivity index (χ4n) is 0.846. The summed E-state index contributed by atoms with van der Waals surface area (Å²) in [5.41, 5.74) is 6.18. The van der Waals surface area contributed by atoms with Crippen LogP contribution in [0.3, 0.4) is 0 Å². The summed E-state index contributed by atoms with van der Waals surface area (Å²) in [6.07, 6.45) is 0. The van der Waals surface area contributed by atoms with Gasteiger partial charge in [0.1, 0.15) is 11.8 Å². The molecule has 1 aromatic carbocycles. The quantitative estimate of drug-likeness (QED) is 0.616. The first-order chi connectivity index (χ1) is 5.29. The smallest absolute Gasteiger partial charge is 0.137 e. The van der Waals surface area contributed by atoms with Crippen LogP contribution in [0.2, 0.25) is 0 Å². The third kappa shape index (κ3) is 1.31. The number of phenolic OH excluding ortho intramolecular Hbond substituents is 1. The molecule has 0 aromatic heterocycles. The van der Waals surface area contributed by atoms with Crippen molar-refractivity contribution in [3.8, 4) is 11.8 Å². The van der Waals surface area contributed by atoms with Gasteiger partial charge in [0.15, 0.2) is 0 Å². The molecule has 1 aromatic rings. The molecule has 0 aliphatic heterocycles. The zero-order valence-electron chi connectivity index (χ0n) is 5.91. The Hall–Kier alpha value is -1.53. The lowest BCUT2D eigenvalue weighted by Gasteiger charge is -2.00. The first kappa shape index (κ1) is 7.58. The molecule has 0 atom stereocenters. The van der Waals surface area contributed by atoms with Crippen LogP contribution >= 0.6 is 0 Å². The van der Waals surface area contributed by atoms with Gasteiger partial charge in [-0.05, 0) is 6.07 Å². The molecule has 11 heavy (non-hydrogen) atoms. The van der Waals surface area contributed by atoms with Gasteiger partial charge in [-0.2, -0.15) is 5.26 Å². The fraction of sp³-hybridized carbons (Fsp3) is 0.125. The van der Waals surface area contributed by atoms with E-state index in [0.717, 1.165) is 0 Å². The second-order valence-corrected chi connectivity index (χ2v) is 2.13. The Morgan fingerprint density at radius 3 is 2.82 bits per heavy atom. The Morgan fingerprint density at radius 2 is 2.27 bits per heavy atom. The van der Waals surface area contributed by atoms with Gasteiger partial charge in [-0.3, -0.25) is 0 Å². The van der Waals surface area contributed by atoms with Crippen LogP contribution in [0.4, 0.5) is 0 Å². The van der Waals surface area contributed by atoms with E-state index in [1.807, 2.05) is 6.07 Å². The normalized spacial score (nSPS) is 9.09. The van der Waals surface area contributed by atoms with E-state index in [1.165, 1.54) is 0 Å². The Balaban J connectivity index is 3.23. The number of nitriles is 1. The average molecular weight is 148 g/mol. The third-order valence-corrected chi connectivity index (χ3v) is 1.46. The number of nitrogens with two attached hydrogens (primary N) is 1. The maximum atomic E-state index is 9.29. The van der Waals surface area contributed by atoms with E-state index in [1.54, 1.807) is 18.2 Å². The largest absolute Gasteiger partial charge is 0.506 e. The van der Waals surface area contributed by atoms with Crippen molar-refractivity contribution in [2.24, 2.45) is 5.73 Å². The van der Waals surface area contributed by atoms with E-state index >= 15 is 0 Å². The molecule has 0 amide bonds. The monoisotopic (exact) mass is 148 g/mol. The molecule has 3 heteroatoms. The highest BCUT2D eigenvalue weighted by Gasteiger charge is 2.02. The summed E-state index contributed by atoms with van der Waals surface area (Å²) in [7, 11) is 0. The van der Waals surface area contributed by atoms with Crippen molar-refractivity contribution in [1.29, 1.82) is 5.26 Å². The van der Waals surface area contributed by atoms with Gasteiger partial charge in [0.05, 0.1) is 5.56 Å². The molecule has 1 rings (SSSR count). The van der Waals surface area contributed by atoms with Gasteiger partial charge in [0, 0.05) is 12.1 Å². The highest BCUT2D eigenvalue weighted by molar-refractivity contribution is 5.47. The molecule has 3 N–H and O–H groups in total. The number of para-hydroxylation sites is 1. The summed E-state index contributed by atoms with van der Waals surface area (Å²) in [6, 6.07) is 6.80. The third-order valence-electron chi connectivity index (χ3n) is 1.46. The van der Waals surface area contributed by atoms with Crippen LogP contribution in [0.1, 0.15) is 11.1 Å². The number of aromatic hydroxyl groups is 1. The summed E-state index contributed by atoms with van der Waals surface area (Å²) >= 11 is 0. The number of benzene rings is 1. The van der Waals surface area contributed by atoms with E-state index in [-0.39, 0.29) is 17.9 Å². The van der Waals surface area contributed by atoms with Crippen molar-refractivity contribution >= 4 is 0 Å². The second-order valence-electron chi connectivity index (χ2n) is 2.13. The number of nitrogens with zero attached hydrogens (tertiary/aromatic N) is 1. The van der Waals surface area contributed by atoms with E-state index < -0.39 is 0 Å². The summed E-state index contributed by atoms with van der Waals surface area (Å²) in [6.45, 7) is 0.251. The molecule has 0 heterocycles. The number of rotatable bonds is 1. The van der Waals surface area contributed by atoms with Gasteiger partial charge < -0.3 is 10.8 Å². The minimum absolute atomic E-state index is 0.00231. The van der Waals surface area contributed by atoms with Crippen LogP contribution in [0.5, 0.6) is 5.75 Å². The average Bonchev–Trinajstić information content (AvgIpc) is 2.05. The predicted molar refractivity (Wildman–Crippen MR) is 40.7 cm³/mol.